The molecular weight excluding hydrogens is 522 g/mol. The third-order valence-electron chi connectivity index (χ3n) is 5.99. The van der Waals surface area contributed by atoms with E-state index in [-0.39, 0.29) is 10.4 Å². The summed E-state index contributed by atoms with van der Waals surface area (Å²) in [4.78, 5) is 26.3. The first kappa shape index (κ1) is 34.2. The summed E-state index contributed by atoms with van der Waals surface area (Å²) in [5, 5.41) is 10.6. The number of carbonyl (C=O) groups is 2. The van der Waals surface area contributed by atoms with Crippen LogP contribution in [0.25, 0.3) is 10.8 Å². The van der Waals surface area contributed by atoms with Gasteiger partial charge in [-0.05, 0) is 70.5 Å². The van der Waals surface area contributed by atoms with E-state index in [1.54, 1.807) is 18.2 Å². The minimum atomic E-state index is -4.14. The number of rotatable bonds is 19. The minimum Gasteiger partial charge on any atom is -0.412 e. The maximum atomic E-state index is 13.3. The van der Waals surface area contributed by atoms with Gasteiger partial charge in [-0.2, -0.15) is 4.72 Å². The molecule has 10 N–H and O–H groups in total. The molecule has 0 aliphatic carbocycles. The molecule has 2 aromatic carbocycles. The first-order valence-corrected chi connectivity index (χ1v) is 14.5. The van der Waals surface area contributed by atoms with Crippen molar-refractivity contribution in [3.63, 3.8) is 0 Å². The van der Waals surface area contributed by atoms with Gasteiger partial charge in [0.1, 0.15) is 6.04 Å². The van der Waals surface area contributed by atoms with Gasteiger partial charge in [0.15, 0.2) is 0 Å². The van der Waals surface area contributed by atoms with Crippen LogP contribution < -0.4 is 37.0 Å². The Hall–Kier alpha value is -2.81. The standard InChI is InChI=1S/C26H43N7O4S.H2O/c1-33(2)23-11-5-10-21-20(23)9-6-12-24(21)38(36,37)32-22(19-25(28)34)26(35)31-18-8-17-30-15-4-3-14-29-16-7-13-27;/h5-6,9-12,22,29-30,32H,3-4,7-8,13-19,27H2,1-2H3,(H2,28,34)(H,31,35);1H2/t22-;/m0./s1. The average Bonchev–Trinajstić information content (AvgIpc) is 2.87. The number of unbranched alkanes of at least 4 members (excludes halogenated alkanes) is 1. The largest absolute Gasteiger partial charge is 0.412 e. The molecule has 0 fully saturated rings. The Bertz CT molecular complexity index is 1140. The molecule has 0 heterocycles. The molecule has 2 aromatic rings. The van der Waals surface area contributed by atoms with E-state index in [0.29, 0.717) is 31.4 Å². The Morgan fingerprint density at radius 1 is 0.872 bits per heavy atom. The molecule has 0 saturated heterocycles. The van der Waals surface area contributed by atoms with Crippen LogP contribution in [0.1, 0.15) is 32.1 Å². The zero-order valence-electron chi connectivity index (χ0n) is 23.0. The number of fused-ring (bicyclic) bond motifs is 1. The molecule has 2 rings (SSSR count). The van der Waals surface area contributed by atoms with Crippen LogP contribution in [0.4, 0.5) is 5.69 Å². The Morgan fingerprint density at radius 3 is 2.08 bits per heavy atom. The molecule has 0 radical (unpaired) electrons. The highest BCUT2D eigenvalue weighted by Gasteiger charge is 2.28. The molecule has 13 heteroatoms. The molecule has 39 heavy (non-hydrogen) atoms. The second kappa shape index (κ2) is 17.7. The molecule has 220 valence electrons. The number of benzene rings is 2. The summed E-state index contributed by atoms with van der Waals surface area (Å²) in [5.41, 5.74) is 11.6. The van der Waals surface area contributed by atoms with Crippen LogP contribution >= 0.6 is 0 Å². The summed E-state index contributed by atoms with van der Waals surface area (Å²) in [7, 11) is -0.385. The van der Waals surface area contributed by atoms with E-state index < -0.39 is 34.3 Å². The zero-order chi connectivity index (χ0) is 28.0. The molecule has 0 bridgehead atoms. The Labute approximate surface area is 231 Å². The summed E-state index contributed by atoms with van der Waals surface area (Å²) < 4.78 is 29.0. The third-order valence-corrected chi connectivity index (χ3v) is 7.52. The molecule has 2 amide bonds. The third kappa shape index (κ3) is 11.4. The predicted octanol–water partition coefficient (Wildman–Crippen LogP) is -0.582. The lowest BCUT2D eigenvalue weighted by Crippen LogP contribution is -2.48. The van der Waals surface area contributed by atoms with Gasteiger partial charge in [-0.1, -0.05) is 24.3 Å². The van der Waals surface area contributed by atoms with Gasteiger partial charge in [-0.3, -0.25) is 9.59 Å². The number of sulfonamides is 1. The van der Waals surface area contributed by atoms with Crippen molar-refractivity contribution in [3.8, 4) is 0 Å². The Kier molecular flexibility index (Phi) is 15.5. The number of nitrogens with one attached hydrogen (secondary N) is 4. The summed E-state index contributed by atoms with van der Waals surface area (Å²) >= 11 is 0. The highest BCUT2D eigenvalue weighted by molar-refractivity contribution is 7.89. The normalized spacial score (nSPS) is 12.1. The smallest absolute Gasteiger partial charge is 0.241 e. The van der Waals surface area contributed by atoms with Crippen LogP contribution in [0.5, 0.6) is 0 Å². The lowest BCUT2D eigenvalue weighted by Gasteiger charge is -2.20. The second-order valence-corrected chi connectivity index (χ2v) is 11.0. The SMILES string of the molecule is CN(C)c1cccc2c(S(=O)(=O)N[C@@H](CC(N)=O)C(=O)NCCCNCCCCNCCCN)cccc12.O. The molecular formula is C26H45N7O5S. The van der Waals surface area contributed by atoms with E-state index >= 15 is 0 Å². The number of primary amides is 1. The molecule has 0 aliphatic rings. The van der Waals surface area contributed by atoms with Crippen molar-refractivity contribution in [2.75, 3.05) is 58.3 Å². The van der Waals surface area contributed by atoms with Crippen molar-refractivity contribution in [1.82, 2.24) is 20.7 Å². The van der Waals surface area contributed by atoms with Gasteiger partial charge < -0.3 is 37.8 Å². The van der Waals surface area contributed by atoms with Crippen molar-refractivity contribution in [2.24, 2.45) is 11.5 Å². The first-order valence-electron chi connectivity index (χ1n) is 13.1. The molecule has 1 atom stereocenters. The topological polar surface area (TPSA) is 203 Å². The first-order chi connectivity index (χ1) is 18.2. The lowest BCUT2D eigenvalue weighted by atomic mass is 10.1. The number of carbonyl (C=O) groups excluding carboxylic acids is 2. The molecule has 0 aromatic heterocycles. The monoisotopic (exact) mass is 567 g/mol. The van der Waals surface area contributed by atoms with Gasteiger partial charge >= 0.3 is 0 Å². The van der Waals surface area contributed by atoms with Gasteiger partial charge in [0, 0.05) is 37.1 Å². The van der Waals surface area contributed by atoms with Crippen molar-refractivity contribution >= 4 is 38.3 Å². The van der Waals surface area contributed by atoms with E-state index in [2.05, 4.69) is 20.7 Å². The fourth-order valence-electron chi connectivity index (χ4n) is 4.05. The second-order valence-electron chi connectivity index (χ2n) is 9.36. The highest BCUT2D eigenvalue weighted by Crippen LogP contribution is 2.30. The number of anilines is 1. The quantitative estimate of drug-likeness (QED) is 0.121. The number of hydrogen-bond acceptors (Lipinski definition) is 8. The summed E-state index contributed by atoms with van der Waals surface area (Å²) in [6.07, 6.45) is 3.29. The fraction of sp³-hybridized carbons (Fsp3) is 0.538. The molecule has 0 saturated carbocycles. The summed E-state index contributed by atoms with van der Waals surface area (Å²) in [5.74, 6) is -1.37. The van der Waals surface area contributed by atoms with Crippen molar-refractivity contribution in [1.29, 1.82) is 0 Å². The van der Waals surface area contributed by atoms with Crippen molar-refractivity contribution in [3.05, 3.63) is 36.4 Å². The van der Waals surface area contributed by atoms with E-state index in [1.165, 1.54) is 6.07 Å². The summed E-state index contributed by atoms with van der Waals surface area (Å²) in [6.45, 7) is 4.51. The van der Waals surface area contributed by atoms with Gasteiger partial charge in [0.25, 0.3) is 0 Å². The average molecular weight is 568 g/mol. The number of amides is 2. The Balaban J connectivity index is 0.00000760. The van der Waals surface area contributed by atoms with Crippen LogP contribution in [0, 0.1) is 0 Å². The maximum Gasteiger partial charge on any atom is 0.241 e. The van der Waals surface area contributed by atoms with Gasteiger partial charge in [0.05, 0.1) is 11.3 Å². The van der Waals surface area contributed by atoms with Crippen LogP contribution in [0.15, 0.2) is 41.3 Å². The van der Waals surface area contributed by atoms with Crippen LogP contribution in [-0.4, -0.2) is 85.1 Å². The predicted molar refractivity (Wildman–Crippen MR) is 156 cm³/mol. The van der Waals surface area contributed by atoms with E-state index in [9.17, 15) is 18.0 Å². The van der Waals surface area contributed by atoms with E-state index in [1.807, 2.05) is 31.1 Å². The van der Waals surface area contributed by atoms with Gasteiger partial charge in [-0.15, -0.1) is 0 Å². The van der Waals surface area contributed by atoms with Crippen molar-refractivity contribution in [2.45, 2.75) is 43.0 Å². The maximum absolute atomic E-state index is 13.3. The molecule has 0 unspecified atom stereocenters. The Morgan fingerprint density at radius 2 is 1.46 bits per heavy atom. The molecule has 0 spiro atoms. The fourth-order valence-corrected chi connectivity index (χ4v) is 5.47. The van der Waals surface area contributed by atoms with Gasteiger partial charge in [-0.25, -0.2) is 8.42 Å². The number of hydrogen-bond donors (Lipinski definition) is 6. The van der Waals surface area contributed by atoms with Crippen LogP contribution in [0.3, 0.4) is 0 Å². The van der Waals surface area contributed by atoms with Gasteiger partial charge in [0.2, 0.25) is 21.8 Å². The van der Waals surface area contributed by atoms with Crippen molar-refractivity contribution < 1.29 is 23.5 Å². The van der Waals surface area contributed by atoms with Crippen LogP contribution in [-0.2, 0) is 19.6 Å². The van der Waals surface area contributed by atoms with E-state index in [0.717, 1.165) is 50.0 Å². The molecule has 12 nitrogen and oxygen atoms in total. The van der Waals surface area contributed by atoms with Crippen LogP contribution in [0.2, 0.25) is 0 Å². The molecule has 0 aliphatic heterocycles. The zero-order valence-corrected chi connectivity index (χ0v) is 23.8. The van der Waals surface area contributed by atoms with E-state index in [4.69, 9.17) is 11.5 Å². The summed E-state index contributed by atoms with van der Waals surface area (Å²) in [6, 6.07) is 9.04. The lowest BCUT2D eigenvalue weighted by molar-refractivity contribution is -0.126. The number of nitrogens with two attached hydrogens (primary N) is 2. The minimum absolute atomic E-state index is 0. The highest BCUT2D eigenvalue weighted by atomic mass is 32.2. The number of nitrogens with zero attached hydrogens (tertiary/aromatic N) is 1.